The lowest BCUT2D eigenvalue weighted by Gasteiger charge is -2.07. The molecular formula is C18H17Cl2N3O3. The van der Waals surface area contributed by atoms with Gasteiger partial charge in [0.1, 0.15) is 5.75 Å². The fourth-order valence-corrected chi connectivity index (χ4v) is 2.25. The van der Waals surface area contributed by atoms with E-state index < -0.39 is 11.8 Å². The van der Waals surface area contributed by atoms with Crippen molar-refractivity contribution >= 4 is 46.9 Å². The molecule has 0 radical (unpaired) electrons. The summed E-state index contributed by atoms with van der Waals surface area (Å²) < 4.78 is 5.51. The smallest absolute Gasteiger partial charge is 0.329 e. The van der Waals surface area contributed by atoms with Gasteiger partial charge in [0.25, 0.3) is 0 Å². The Morgan fingerprint density at radius 1 is 1.15 bits per heavy atom. The first-order valence-electron chi connectivity index (χ1n) is 7.82. The van der Waals surface area contributed by atoms with Crippen molar-refractivity contribution in [3.8, 4) is 5.75 Å². The topological polar surface area (TPSA) is 79.8 Å². The van der Waals surface area contributed by atoms with Gasteiger partial charge in [-0.15, -0.1) is 0 Å². The van der Waals surface area contributed by atoms with Crippen LogP contribution >= 0.6 is 23.2 Å². The number of ether oxygens (including phenoxy) is 1. The fraction of sp³-hybridized carbons (Fsp3) is 0.167. The number of benzene rings is 2. The normalized spacial score (nSPS) is 10.6. The molecule has 0 fully saturated rings. The quantitative estimate of drug-likeness (QED) is 0.444. The standard InChI is InChI=1S/C18H17Cl2N3O3/c1-2-9-26-13-6-3-5-12(10-13)11-21-23-18(25)17(24)22-15-8-4-7-14(19)16(15)20/h3-8,10-11H,2,9H2,1H3,(H,22,24)(H,23,25)/b21-11-. The highest BCUT2D eigenvalue weighted by molar-refractivity contribution is 6.45. The lowest BCUT2D eigenvalue weighted by Crippen LogP contribution is -2.32. The number of nitrogens with one attached hydrogen (secondary N) is 2. The third-order valence-electron chi connectivity index (χ3n) is 3.12. The van der Waals surface area contributed by atoms with Gasteiger partial charge >= 0.3 is 11.8 Å². The maximum Gasteiger partial charge on any atom is 0.329 e. The van der Waals surface area contributed by atoms with Crippen LogP contribution in [0.25, 0.3) is 0 Å². The van der Waals surface area contributed by atoms with Crippen molar-refractivity contribution in [3.05, 3.63) is 58.1 Å². The lowest BCUT2D eigenvalue weighted by atomic mass is 10.2. The molecule has 2 aromatic carbocycles. The number of carbonyl (C=O) groups is 2. The highest BCUT2D eigenvalue weighted by atomic mass is 35.5. The summed E-state index contributed by atoms with van der Waals surface area (Å²) in [6, 6.07) is 11.9. The zero-order valence-corrected chi connectivity index (χ0v) is 15.5. The maximum atomic E-state index is 11.9. The van der Waals surface area contributed by atoms with Crippen LogP contribution < -0.4 is 15.5 Å². The number of carbonyl (C=O) groups excluding carboxylic acids is 2. The van der Waals surface area contributed by atoms with E-state index in [1.54, 1.807) is 24.3 Å². The van der Waals surface area contributed by atoms with Gasteiger partial charge in [-0.05, 0) is 36.2 Å². The van der Waals surface area contributed by atoms with Crippen molar-refractivity contribution in [1.29, 1.82) is 0 Å². The van der Waals surface area contributed by atoms with E-state index >= 15 is 0 Å². The number of amides is 2. The molecule has 0 aliphatic rings. The predicted octanol–water partition coefficient (Wildman–Crippen LogP) is 3.87. The second-order valence-corrected chi connectivity index (χ2v) is 5.96. The van der Waals surface area contributed by atoms with Crippen LogP contribution in [0.15, 0.2) is 47.6 Å². The van der Waals surface area contributed by atoms with Crippen LogP contribution in [0.3, 0.4) is 0 Å². The van der Waals surface area contributed by atoms with Crippen LogP contribution in [0, 0.1) is 0 Å². The summed E-state index contributed by atoms with van der Waals surface area (Å²) in [4.78, 5) is 23.7. The average Bonchev–Trinajstić information content (AvgIpc) is 2.64. The monoisotopic (exact) mass is 393 g/mol. The number of hydrogen-bond acceptors (Lipinski definition) is 4. The van der Waals surface area contributed by atoms with Gasteiger partial charge in [0.05, 0.1) is 28.6 Å². The minimum absolute atomic E-state index is 0.155. The molecule has 0 bridgehead atoms. The first-order chi connectivity index (χ1) is 12.5. The molecular weight excluding hydrogens is 377 g/mol. The highest BCUT2D eigenvalue weighted by Crippen LogP contribution is 2.29. The van der Waals surface area contributed by atoms with Gasteiger partial charge in [-0.1, -0.05) is 48.3 Å². The molecule has 0 heterocycles. The molecule has 0 aliphatic carbocycles. The van der Waals surface area contributed by atoms with Gasteiger partial charge < -0.3 is 10.1 Å². The number of hydrogen-bond donors (Lipinski definition) is 2. The first kappa shape index (κ1) is 19.8. The molecule has 2 aromatic rings. The van der Waals surface area contributed by atoms with Crippen LogP contribution in [-0.4, -0.2) is 24.6 Å². The third kappa shape index (κ3) is 5.75. The highest BCUT2D eigenvalue weighted by Gasteiger charge is 2.15. The van der Waals surface area contributed by atoms with E-state index in [-0.39, 0.29) is 15.7 Å². The van der Waals surface area contributed by atoms with E-state index in [1.165, 1.54) is 12.3 Å². The Kier molecular flexibility index (Phi) is 7.44. The van der Waals surface area contributed by atoms with Crippen LogP contribution in [0.4, 0.5) is 5.69 Å². The summed E-state index contributed by atoms with van der Waals surface area (Å²) in [7, 11) is 0. The number of rotatable bonds is 6. The molecule has 6 nitrogen and oxygen atoms in total. The Hall–Kier alpha value is -2.57. The molecule has 0 atom stereocenters. The summed E-state index contributed by atoms with van der Waals surface area (Å²) in [5.41, 5.74) is 3.11. The van der Waals surface area contributed by atoms with Crippen molar-refractivity contribution in [1.82, 2.24) is 5.43 Å². The maximum absolute atomic E-state index is 11.9. The molecule has 2 amide bonds. The Bertz CT molecular complexity index is 825. The molecule has 26 heavy (non-hydrogen) atoms. The molecule has 136 valence electrons. The second-order valence-electron chi connectivity index (χ2n) is 5.18. The Labute approximate surface area is 161 Å². The second kappa shape index (κ2) is 9.79. The van der Waals surface area contributed by atoms with Gasteiger partial charge in [0.2, 0.25) is 0 Å². The van der Waals surface area contributed by atoms with Crippen molar-refractivity contribution in [3.63, 3.8) is 0 Å². The van der Waals surface area contributed by atoms with Gasteiger partial charge in [0.15, 0.2) is 0 Å². The van der Waals surface area contributed by atoms with Crippen LogP contribution in [0.1, 0.15) is 18.9 Å². The third-order valence-corrected chi connectivity index (χ3v) is 3.94. The molecule has 2 N–H and O–H groups in total. The molecule has 8 heteroatoms. The summed E-state index contributed by atoms with van der Waals surface area (Å²) in [5, 5.41) is 6.56. The molecule has 0 spiro atoms. The van der Waals surface area contributed by atoms with E-state index in [1.807, 2.05) is 19.1 Å². The zero-order valence-electron chi connectivity index (χ0n) is 14.0. The van der Waals surface area contributed by atoms with Crippen molar-refractivity contribution in [2.45, 2.75) is 13.3 Å². The molecule has 0 unspecified atom stereocenters. The minimum atomic E-state index is -0.935. The number of anilines is 1. The van der Waals surface area contributed by atoms with Crippen LogP contribution in [-0.2, 0) is 9.59 Å². The Balaban J connectivity index is 1.92. The molecule has 0 aromatic heterocycles. The van der Waals surface area contributed by atoms with E-state index in [4.69, 9.17) is 27.9 Å². The lowest BCUT2D eigenvalue weighted by molar-refractivity contribution is -0.136. The number of halogens is 2. The van der Waals surface area contributed by atoms with E-state index in [0.717, 1.165) is 12.0 Å². The predicted molar refractivity (Wildman–Crippen MR) is 103 cm³/mol. The summed E-state index contributed by atoms with van der Waals surface area (Å²) in [5.74, 6) is -1.14. The number of hydrazone groups is 1. The van der Waals surface area contributed by atoms with E-state index in [0.29, 0.717) is 12.4 Å². The van der Waals surface area contributed by atoms with E-state index in [2.05, 4.69) is 15.8 Å². The fourth-order valence-electron chi connectivity index (χ4n) is 1.90. The van der Waals surface area contributed by atoms with Crippen molar-refractivity contribution in [2.75, 3.05) is 11.9 Å². The van der Waals surface area contributed by atoms with Crippen molar-refractivity contribution < 1.29 is 14.3 Å². The first-order valence-corrected chi connectivity index (χ1v) is 8.58. The summed E-state index contributed by atoms with van der Waals surface area (Å²) in [6.07, 6.45) is 2.32. The van der Waals surface area contributed by atoms with Gasteiger partial charge in [0, 0.05) is 0 Å². The van der Waals surface area contributed by atoms with Gasteiger partial charge in [-0.2, -0.15) is 5.10 Å². The minimum Gasteiger partial charge on any atom is -0.494 e. The van der Waals surface area contributed by atoms with Crippen LogP contribution in [0.2, 0.25) is 10.0 Å². The van der Waals surface area contributed by atoms with Gasteiger partial charge in [-0.3, -0.25) is 9.59 Å². The Morgan fingerprint density at radius 2 is 1.92 bits per heavy atom. The van der Waals surface area contributed by atoms with E-state index in [9.17, 15) is 9.59 Å². The zero-order chi connectivity index (χ0) is 18.9. The average molecular weight is 394 g/mol. The SMILES string of the molecule is CCCOc1cccc(/C=N\NC(=O)C(=O)Nc2cccc(Cl)c2Cl)c1. The summed E-state index contributed by atoms with van der Waals surface area (Å²) in [6.45, 7) is 2.63. The number of nitrogens with zero attached hydrogens (tertiary/aromatic N) is 1. The Morgan fingerprint density at radius 3 is 2.69 bits per heavy atom. The largest absolute Gasteiger partial charge is 0.494 e. The molecule has 0 saturated heterocycles. The molecule has 2 rings (SSSR count). The molecule has 0 aliphatic heterocycles. The van der Waals surface area contributed by atoms with Gasteiger partial charge in [-0.25, -0.2) is 5.43 Å². The van der Waals surface area contributed by atoms with Crippen molar-refractivity contribution in [2.24, 2.45) is 5.10 Å². The summed E-state index contributed by atoms with van der Waals surface area (Å²) >= 11 is 11.8. The molecule has 0 saturated carbocycles. The van der Waals surface area contributed by atoms with Crippen LogP contribution in [0.5, 0.6) is 5.75 Å².